The molecule has 0 aromatic heterocycles. The maximum atomic E-state index is 11.1. The molecule has 0 fully saturated rings. The Balaban J connectivity index is 3.97. The number of ketones is 1. The zero-order valence-electron chi connectivity index (χ0n) is 8.12. The van der Waals surface area contributed by atoms with E-state index < -0.39 is 15.9 Å². The van der Waals surface area contributed by atoms with Crippen molar-refractivity contribution in [2.24, 2.45) is 5.73 Å². The molecule has 2 N–H and O–H groups in total. The summed E-state index contributed by atoms with van der Waals surface area (Å²) in [6, 6.07) is -0.507. The summed E-state index contributed by atoms with van der Waals surface area (Å²) in [6.45, 7) is 3.37. The third-order valence-corrected chi connectivity index (χ3v) is 3.66. The molecule has 1 unspecified atom stereocenters. The molecule has 4 nitrogen and oxygen atoms in total. The molecule has 0 aromatic rings. The Kier molecular flexibility index (Phi) is 5.17. The molecule has 0 amide bonds. The number of hydrogen-bond donors (Lipinski definition) is 1. The minimum Gasteiger partial charge on any atom is -0.322 e. The summed E-state index contributed by atoms with van der Waals surface area (Å²) in [5, 5.41) is 0. The Labute approximate surface area is 79.4 Å². The van der Waals surface area contributed by atoms with Crippen molar-refractivity contribution in [2.45, 2.75) is 32.7 Å². The molecule has 0 aromatic carbocycles. The van der Waals surface area contributed by atoms with Gasteiger partial charge in [-0.1, -0.05) is 13.8 Å². The van der Waals surface area contributed by atoms with Crippen LogP contribution in [0, 0.1) is 0 Å². The Morgan fingerprint density at radius 2 is 1.92 bits per heavy atom. The Morgan fingerprint density at radius 3 is 2.31 bits per heavy atom. The van der Waals surface area contributed by atoms with Crippen molar-refractivity contribution in [1.82, 2.24) is 0 Å². The van der Waals surface area contributed by atoms with Crippen LogP contribution < -0.4 is 5.73 Å². The van der Waals surface area contributed by atoms with Crippen LogP contribution in [0.3, 0.4) is 0 Å². The number of carbonyl (C=O) groups excluding carboxylic acids is 1. The van der Waals surface area contributed by atoms with Gasteiger partial charge in [-0.3, -0.25) is 4.79 Å². The van der Waals surface area contributed by atoms with Gasteiger partial charge in [-0.15, -0.1) is 0 Å². The van der Waals surface area contributed by atoms with E-state index in [1.54, 1.807) is 13.8 Å². The van der Waals surface area contributed by atoms with E-state index in [1.807, 2.05) is 0 Å². The number of rotatable bonds is 6. The second-order valence-corrected chi connectivity index (χ2v) is 5.44. The van der Waals surface area contributed by atoms with Gasteiger partial charge in [0.05, 0.1) is 11.8 Å². The van der Waals surface area contributed by atoms with E-state index in [0.717, 1.165) is 0 Å². The van der Waals surface area contributed by atoms with Crippen LogP contribution in [0.4, 0.5) is 0 Å². The molecule has 0 aliphatic carbocycles. The number of hydrogen-bond acceptors (Lipinski definition) is 4. The van der Waals surface area contributed by atoms with Gasteiger partial charge in [-0.05, 0) is 6.42 Å². The molecule has 1 atom stereocenters. The van der Waals surface area contributed by atoms with Gasteiger partial charge in [0, 0.05) is 12.2 Å². The zero-order valence-corrected chi connectivity index (χ0v) is 8.93. The fraction of sp³-hybridized carbons (Fsp3) is 0.875. The van der Waals surface area contributed by atoms with E-state index >= 15 is 0 Å². The van der Waals surface area contributed by atoms with Gasteiger partial charge >= 0.3 is 0 Å². The second kappa shape index (κ2) is 5.34. The van der Waals surface area contributed by atoms with E-state index in [0.29, 0.717) is 6.42 Å². The first kappa shape index (κ1) is 12.6. The Morgan fingerprint density at radius 1 is 1.38 bits per heavy atom. The molecule has 0 saturated heterocycles. The summed E-state index contributed by atoms with van der Waals surface area (Å²) in [6.07, 6.45) is 0.607. The monoisotopic (exact) mass is 207 g/mol. The Bertz CT molecular complexity index is 259. The van der Waals surface area contributed by atoms with Crippen molar-refractivity contribution in [1.29, 1.82) is 0 Å². The van der Waals surface area contributed by atoms with Crippen molar-refractivity contribution in [2.75, 3.05) is 11.5 Å². The molecule has 0 saturated carbocycles. The van der Waals surface area contributed by atoms with E-state index in [9.17, 15) is 13.2 Å². The van der Waals surface area contributed by atoms with E-state index in [4.69, 9.17) is 5.73 Å². The fourth-order valence-electron chi connectivity index (χ4n) is 0.813. The summed E-state index contributed by atoms with van der Waals surface area (Å²) in [5.41, 5.74) is 5.44. The van der Waals surface area contributed by atoms with Crippen molar-refractivity contribution < 1.29 is 13.2 Å². The molecule has 0 aliphatic heterocycles. The van der Waals surface area contributed by atoms with Crippen LogP contribution in [0.15, 0.2) is 0 Å². The van der Waals surface area contributed by atoms with Crippen molar-refractivity contribution >= 4 is 15.6 Å². The highest BCUT2D eigenvalue weighted by Gasteiger charge is 2.15. The van der Waals surface area contributed by atoms with Crippen LogP contribution in [-0.4, -0.2) is 31.7 Å². The largest absolute Gasteiger partial charge is 0.322 e. The van der Waals surface area contributed by atoms with Gasteiger partial charge in [0.1, 0.15) is 9.84 Å². The maximum absolute atomic E-state index is 11.1. The first-order valence-electron chi connectivity index (χ1n) is 4.41. The fourth-order valence-corrected chi connectivity index (χ4v) is 1.61. The lowest BCUT2D eigenvalue weighted by molar-refractivity contribution is -0.119. The SMILES string of the molecule is CCC(N)C(=O)CCS(=O)(=O)CC. The van der Waals surface area contributed by atoms with E-state index in [1.165, 1.54) is 0 Å². The van der Waals surface area contributed by atoms with Gasteiger partial charge in [0.25, 0.3) is 0 Å². The first-order chi connectivity index (χ1) is 5.93. The molecule has 5 heteroatoms. The summed E-state index contributed by atoms with van der Waals surface area (Å²) in [4.78, 5) is 11.1. The van der Waals surface area contributed by atoms with Gasteiger partial charge in [0.2, 0.25) is 0 Å². The summed E-state index contributed by atoms with van der Waals surface area (Å²) in [7, 11) is -3.03. The van der Waals surface area contributed by atoms with Crippen LogP contribution in [-0.2, 0) is 14.6 Å². The highest BCUT2D eigenvalue weighted by molar-refractivity contribution is 7.91. The lowest BCUT2D eigenvalue weighted by Crippen LogP contribution is -2.31. The lowest BCUT2D eigenvalue weighted by Gasteiger charge is -2.06. The highest BCUT2D eigenvalue weighted by atomic mass is 32.2. The first-order valence-corrected chi connectivity index (χ1v) is 6.23. The van der Waals surface area contributed by atoms with Crippen LogP contribution >= 0.6 is 0 Å². The normalized spacial score (nSPS) is 14.1. The van der Waals surface area contributed by atoms with E-state index in [-0.39, 0.29) is 23.7 Å². The minimum atomic E-state index is -3.03. The molecular weight excluding hydrogens is 190 g/mol. The van der Waals surface area contributed by atoms with Crippen molar-refractivity contribution in [3.05, 3.63) is 0 Å². The average Bonchev–Trinajstić information content (AvgIpc) is 2.13. The smallest absolute Gasteiger partial charge is 0.150 e. The standard InChI is InChI=1S/C8H17NO3S/c1-3-7(9)8(10)5-6-13(11,12)4-2/h7H,3-6,9H2,1-2H3. The van der Waals surface area contributed by atoms with E-state index in [2.05, 4.69) is 0 Å². The molecule has 0 rings (SSSR count). The number of carbonyl (C=O) groups is 1. The number of nitrogens with two attached hydrogens (primary N) is 1. The molecule has 13 heavy (non-hydrogen) atoms. The molecule has 0 heterocycles. The summed E-state index contributed by atoms with van der Waals surface area (Å²) in [5.74, 6) is -0.156. The third-order valence-electron chi connectivity index (χ3n) is 1.95. The average molecular weight is 207 g/mol. The molecular formula is C8H17NO3S. The third kappa shape index (κ3) is 5.00. The topological polar surface area (TPSA) is 77.2 Å². The maximum Gasteiger partial charge on any atom is 0.150 e. The number of sulfone groups is 1. The predicted molar refractivity (Wildman–Crippen MR) is 52.2 cm³/mol. The molecule has 0 bridgehead atoms. The van der Waals surface area contributed by atoms with Crippen LogP contribution in [0.5, 0.6) is 0 Å². The van der Waals surface area contributed by atoms with Crippen LogP contribution in [0.25, 0.3) is 0 Å². The molecule has 0 aliphatic rings. The molecule has 78 valence electrons. The quantitative estimate of drug-likeness (QED) is 0.671. The lowest BCUT2D eigenvalue weighted by atomic mass is 10.1. The van der Waals surface area contributed by atoms with Gasteiger partial charge in [0.15, 0.2) is 5.78 Å². The van der Waals surface area contributed by atoms with Gasteiger partial charge in [-0.2, -0.15) is 0 Å². The van der Waals surface area contributed by atoms with Crippen molar-refractivity contribution in [3.63, 3.8) is 0 Å². The highest BCUT2D eigenvalue weighted by Crippen LogP contribution is 1.98. The zero-order chi connectivity index (χ0) is 10.5. The molecule has 0 spiro atoms. The van der Waals surface area contributed by atoms with Gasteiger partial charge in [-0.25, -0.2) is 8.42 Å². The number of Topliss-reactive ketones (excluding diaryl/α,β-unsaturated/α-hetero) is 1. The minimum absolute atomic E-state index is 0.0468. The van der Waals surface area contributed by atoms with Crippen LogP contribution in [0.1, 0.15) is 26.7 Å². The summed E-state index contributed by atoms with van der Waals surface area (Å²) >= 11 is 0. The second-order valence-electron chi connectivity index (χ2n) is 2.97. The predicted octanol–water partition coefficient (Wildman–Crippen LogP) is 0.118. The van der Waals surface area contributed by atoms with Crippen molar-refractivity contribution in [3.8, 4) is 0 Å². The molecule has 0 radical (unpaired) electrons. The van der Waals surface area contributed by atoms with Gasteiger partial charge < -0.3 is 5.73 Å². The Hall–Kier alpha value is -0.420. The van der Waals surface area contributed by atoms with Crippen LogP contribution in [0.2, 0.25) is 0 Å². The summed E-state index contributed by atoms with van der Waals surface area (Å²) < 4.78 is 22.0.